The van der Waals surface area contributed by atoms with Gasteiger partial charge in [0.15, 0.2) is 0 Å². The molecule has 4 N–H and O–H groups in total. The molecule has 0 bridgehead atoms. The second-order valence-corrected chi connectivity index (χ2v) is 10.1. The van der Waals surface area contributed by atoms with Gasteiger partial charge < -0.3 is 25.6 Å². The van der Waals surface area contributed by atoms with Gasteiger partial charge in [-0.25, -0.2) is 13.4 Å². The van der Waals surface area contributed by atoms with Crippen molar-refractivity contribution in [3.05, 3.63) is 58.8 Å². The average molecular weight is 470 g/mol. The Balaban J connectivity index is 1.58. The molecule has 10 nitrogen and oxygen atoms in total. The molecule has 1 aliphatic rings. The third kappa shape index (κ3) is 3.93. The van der Waals surface area contributed by atoms with E-state index in [9.17, 15) is 13.2 Å². The van der Waals surface area contributed by atoms with Gasteiger partial charge in [-0.2, -0.15) is 4.31 Å². The van der Waals surface area contributed by atoms with Crippen LogP contribution in [0.1, 0.15) is 28.2 Å². The Morgan fingerprint density at radius 2 is 2.09 bits per heavy atom. The van der Waals surface area contributed by atoms with Gasteiger partial charge in [-0.3, -0.25) is 4.79 Å². The number of aromatic nitrogens is 3. The van der Waals surface area contributed by atoms with E-state index in [1.165, 1.54) is 10.4 Å². The number of imidazole rings is 1. The van der Waals surface area contributed by atoms with Crippen molar-refractivity contribution in [2.45, 2.75) is 24.8 Å². The van der Waals surface area contributed by atoms with Crippen LogP contribution in [0.5, 0.6) is 0 Å². The monoisotopic (exact) mass is 469 g/mol. The Labute approximate surface area is 192 Å². The highest BCUT2D eigenvalue weighted by atomic mass is 32.2. The molecule has 0 fully saturated rings. The topological polar surface area (TPSA) is 139 Å². The zero-order chi connectivity index (χ0) is 23.9. The average Bonchev–Trinajstić information content (AvgIpc) is 3.32. The van der Waals surface area contributed by atoms with Crippen LogP contribution in [0.15, 0.2) is 46.8 Å². The lowest BCUT2D eigenvalue weighted by molar-refractivity contribution is 0.0942. The van der Waals surface area contributed by atoms with E-state index < -0.39 is 10.0 Å². The quantitative estimate of drug-likeness (QED) is 0.469. The summed E-state index contributed by atoms with van der Waals surface area (Å²) in [7, 11) is -0.297. The summed E-state index contributed by atoms with van der Waals surface area (Å²) in [6, 6.07) is 7.13. The molecular formula is C22H27N7O3S. The summed E-state index contributed by atoms with van der Waals surface area (Å²) < 4.78 is 31.4. The number of nitrogens with zero attached hydrogens (tertiary/aromatic N) is 4. The number of nitrogens with two attached hydrogens (primary N) is 1. The zero-order valence-corrected chi connectivity index (χ0v) is 19.6. The van der Waals surface area contributed by atoms with Crippen LogP contribution in [0.3, 0.4) is 0 Å². The number of hydrogen-bond donors (Lipinski definition) is 3. The second-order valence-electron chi connectivity index (χ2n) is 8.14. The molecule has 2 aromatic heterocycles. The lowest BCUT2D eigenvalue weighted by Crippen LogP contribution is -2.38. The number of fused-ring (bicyclic) bond motifs is 1. The van der Waals surface area contributed by atoms with E-state index in [1.807, 2.05) is 29.8 Å². The highest BCUT2D eigenvalue weighted by Crippen LogP contribution is 2.26. The van der Waals surface area contributed by atoms with Crippen LogP contribution >= 0.6 is 0 Å². The number of carbonyl (C=O) groups is 1. The van der Waals surface area contributed by atoms with Crippen molar-refractivity contribution in [1.82, 2.24) is 23.7 Å². The number of aryl methyl sites for hydroxylation is 1. The zero-order valence-electron chi connectivity index (χ0n) is 18.8. The molecular weight excluding hydrogens is 442 g/mol. The summed E-state index contributed by atoms with van der Waals surface area (Å²) in [5.41, 5.74) is 10.3. The molecule has 11 heteroatoms. The summed E-state index contributed by atoms with van der Waals surface area (Å²) in [6.45, 7) is 2.23. The van der Waals surface area contributed by atoms with E-state index >= 15 is 0 Å². The van der Waals surface area contributed by atoms with Gasteiger partial charge in [0.2, 0.25) is 10.0 Å². The molecule has 0 atom stereocenters. The molecule has 0 spiro atoms. The van der Waals surface area contributed by atoms with Crippen molar-refractivity contribution in [2.24, 2.45) is 19.8 Å². The van der Waals surface area contributed by atoms with E-state index in [0.29, 0.717) is 23.4 Å². The number of benzene rings is 1. The molecule has 0 saturated carbocycles. The van der Waals surface area contributed by atoms with Crippen LogP contribution in [-0.2, 0) is 30.7 Å². The van der Waals surface area contributed by atoms with Crippen LogP contribution in [0, 0.1) is 12.3 Å². The van der Waals surface area contributed by atoms with E-state index in [1.54, 1.807) is 24.9 Å². The smallest absolute Gasteiger partial charge is 0.268 e. The molecule has 1 amide bonds. The van der Waals surface area contributed by atoms with Crippen molar-refractivity contribution in [1.29, 1.82) is 5.41 Å². The number of rotatable bonds is 6. The van der Waals surface area contributed by atoms with E-state index in [4.69, 9.17) is 11.1 Å². The Kier molecular flexibility index (Phi) is 5.85. The third-order valence-corrected chi connectivity index (χ3v) is 8.12. The fourth-order valence-corrected chi connectivity index (χ4v) is 5.80. The molecule has 0 saturated heterocycles. The van der Waals surface area contributed by atoms with Crippen molar-refractivity contribution < 1.29 is 13.2 Å². The lowest BCUT2D eigenvalue weighted by atomic mass is 10.1. The van der Waals surface area contributed by atoms with Crippen LogP contribution in [0.4, 0.5) is 0 Å². The van der Waals surface area contributed by atoms with Gasteiger partial charge >= 0.3 is 0 Å². The fraction of sp³-hybridized carbons (Fsp3) is 0.318. The van der Waals surface area contributed by atoms with Crippen molar-refractivity contribution in [2.75, 3.05) is 13.1 Å². The highest BCUT2D eigenvalue weighted by Gasteiger charge is 2.32. The standard InChI is InChI=1S/C22H27N7O3S/c1-14-20(33(31,32)29-8-7-17(24)16(10-23)12-29)9-19(28(14)3)22(30)25-11-15-5-4-6-18-21(15)27(2)13-26-18/h4-6,9-10,13,23H,7-8,11-12,24H2,1-3H3,(H,25,30). The molecule has 0 aliphatic carbocycles. The van der Waals surface area contributed by atoms with Gasteiger partial charge in [0.05, 0.1) is 17.4 Å². The van der Waals surface area contributed by atoms with Gasteiger partial charge in [-0.15, -0.1) is 0 Å². The first-order valence-corrected chi connectivity index (χ1v) is 11.9. The van der Waals surface area contributed by atoms with Crippen LogP contribution in [-0.4, -0.2) is 52.1 Å². The summed E-state index contributed by atoms with van der Waals surface area (Å²) in [5.74, 6) is -0.371. The first kappa shape index (κ1) is 22.7. The van der Waals surface area contributed by atoms with Crippen molar-refractivity contribution >= 4 is 33.2 Å². The Morgan fingerprint density at radius 1 is 1.33 bits per heavy atom. The predicted octanol–water partition coefficient (Wildman–Crippen LogP) is 1.41. The van der Waals surface area contributed by atoms with Crippen LogP contribution < -0.4 is 11.1 Å². The first-order valence-electron chi connectivity index (χ1n) is 10.5. The molecule has 1 aliphatic heterocycles. The number of nitrogens with one attached hydrogen (secondary N) is 2. The molecule has 4 rings (SSSR count). The molecule has 1 aromatic carbocycles. The predicted molar refractivity (Wildman–Crippen MR) is 125 cm³/mol. The third-order valence-electron chi connectivity index (χ3n) is 6.16. The molecule has 0 unspecified atom stereocenters. The minimum absolute atomic E-state index is 0.0439. The molecule has 3 heterocycles. The normalized spacial score (nSPS) is 15.2. The summed E-state index contributed by atoms with van der Waals surface area (Å²) in [6.07, 6.45) is 3.18. The Bertz CT molecular complexity index is 1400. The second kappa shape index (κ2) is 8.49. The highest BCUT2D eigenvalue weighted by molar-refractivity contribution is 7.89. The number of amides is 1. The van der Waals surface area contributed by atoms with Gasteiger partial charge in [0, 0.05) is 63.3 Å². The number of hydrogen-bond acceptors (Lipinski definition) is 6. The minimum Gasteiger partial charge on any atom is -0.402 e. The number of carbonyl (C=O) groups excluding carboxylic acids is 1. The Morgan fingerprint density at radius 3 is 2.82 bits per heavy atom. The molecule has 33 heavy (non-hydrogen) atoms. The lowest BCUT2D eigenvalue weighted by Gasteiger charge is -2.27. The minimum atomic E-state index is -3.86. The first-order chi connectivity index (χ1) is 15.6. The maximum atomic E-state index is 13.3. The Hall–Kier alpha value is -3.44. The summed E-state index contributed by atoms with van der Waals surface area (Å²) >= 11 is 0. The van der Waals surface area contributed by atoms with Gasteiger partial charge in [-0.1, -0.05) is 12.1 Å². The van der Waals surface area contributed by atoms with Gasteiger partial charge in [0.25, 0.3) is 5.91 Å². The van der Waals surface area contributed by atoms with Crippen molar-refractivity contribution in [3.8, 4) is 0 Å². The van der Waals surface area contributed by atoms with Gasteiger partial charge in [0.1, 0.15) is 10.6 Å². The molecule has 0 radical (unpaired) electrons. The fourth-order valence-electron chi connectivity index (χ4n) is 4.11. The molecule has 174 valence electrons. The molecule has 3 aromatic rings. The largest absolute Gasteiger partial charge is 0.402 e. The van der Waals surface area contributed by atoms with E-state index in [-0.39, 0.29) is 36.1 Å². The van der Waals surface area contributed by atoms with Crippen molar-refractivity contribution in [3.63, 3.8) is 0 Å². The SMILES string of the molecule is Cc1c(S(=O)(=O)N2CCC(N)=C(C=N)C2)cc(C(=O)NCc2cccc3ncn(C)c23)n1C. The number of sulfonamides is 1. The van der Waals surface area contributed by atoms with E-state index in [2.05, 4.69) is 10.3 Å². The van der Waals surface area contributed by atoms with E-state index in [0.717, 1.165) is 22.8 Å². The van der Waals surface area contributed by atoms with Crippen LogP contribution in [0.25, 0.3) is 11.0 Å². The summed E-state index contributed by atoms with van der Waals surface area (Å²) in [4.78, 5) is 17.4. The maximum absolute atomic E-state index is 13.3. The maximum Gasteiger partial charge on any atom is 0.268 e. The number of para-hydroxylation sites is 1. The summed E-state index contributed by atoms with van der Waals surface area (Å²) in [5, 5.41) is 10.4. The van der Waals surface area contributed by atoms with Crippen LogP contribution in [0.2, 0.25) is 0 Å². The van der Waals surface area contributed by atoms with Gasteiger partial charge in [-0.05, 0) is 24.6 Å².